The molecule has 24 heavy (non-hydrogen) atoms. The van der Waals surface area contributed by atoms with Crippen LogP contribution in [0, 0.1) is 0 Å². The zero-order valence-electron chi connectivity index (χ0n) is 14.1. The molecule has 0 heterocycles. The lowest BCUT2D eigenvalue weighted by Crippen LogP contribution is -2.22. The molecule has 0 aliphatic carbocycles. The number of hydrogen-bond acceptors (Lipinski definition) is 3. The molecule has 5 heteroatoms. The maximum Gasteiger partial charge on any atom is 0.255 e. The number of ether oxygens (including phenoxy) is 1. The van der Waals surface area contributed by atoms with Gasteiger partial charge in [0, 0.05) is 23.4 Å². The van der Waals surface area contributed by atoms with E-state index in [1.807, 2.05) is 20.8 Å². The van der Waals surface area contributed by atoms with Gasteiger partial charge in [0.25, 0.3) is 11.8 Å². The van der Waals surface area contributed by atoms with Crippen LogP contribution in [0.1, 0.15) is 41.5 Å². The van der Waals surface area contributed by atoms with E-state index in [1.165, 1.54) is 0 Å². The lowest BCUT2D eigenvalue weighted by atomic mass is 10.1. The third-order valence-electron chi connectivity index (χ3n) is 3.23. The summed E-state index contributed by atoms with van der Waals surface area (Å²) < 4.78 is 5.55. The highest BCUT2D eigenvalue weighted by Gasteiger charge is 2.08. The fourth-order valence-corrected chi connectivity index (χ4v) is 2.13. The van der Waals surface area contributed by atoms with Crippen LogP contribution >= 0.6 is 0 Å². The van der Waals surface area contributed by atoms with E-state index in [2.05, 4.69) is 10.6 Å². The van der Waals surface area contributed by atoms with Crippen LogP contribution in [0.15, 0.2) is 48.5 Å². The second-order valence-electron chi connectivity index (χ2n) is 5.58. The molecule has 0 fully saturated rings. The molecule has 0 unspecified atom stereocenters. The average Bonchev–Trinajstić information content (AvgIpc) is 2.56. The Balaban J connectivity index is 2.00. The van der Waals surface area contributed by atoms with E-state index < -0.39 is 0 Å². The summed E-state index contributed by atoms with van der Waals surface area (Å²) in [6.45, 7) is 6.34. The lowest BCUT2D eigenvalue weighted by molar-refractivity contribution is 0.0955. The molecule has 2 aromatic rings. The Hall–Kier alpha value is -2.82. The van der Waals surface area contributed by atoms with Crippen molar-refractivity contribution >= 4 is 17.5 Å². The van der Waals surface area contributed by atoms with E-state index in [0.29, 0.717) is 23.4 Å². The van der Waals surface area contributed by atoms with Crippen LogP contribution in [-0.4, -0.2) is 24.5 Å². The minimum atomic E-state index is -0.211. The Morgan fingerprint density at radius 1 is 0.917 bits per heavy atom. The minimum absolute atomic E-state index is 0.0908. The van der Waals surface area contributed by atoms with Gasteiger partial charge in [-0.3, -0.25) is 9.59 Å². The average molecular weight is 326 g/mol. The second-order valence-corrected chi connectivity index (χ2v) is 5.58. The van der Waals surface area contributed by atoms with Crippen molar-refractivity contribution in [1.82, 2.24) is 5.32 Å². The van der Waals surface area contributed by atoms with Gasteiger partial charge >= 0.3 is 0 Å². The molecular formula is C19H22N2O3. The first-order valence-corrected chi connectivity index (χ1v) is 7.96. The topological polar surface area (TPSA) is 67.4 Å². The standard InChI is InChI=1S/C19H22N2O3/c1-4-20-18(22)14-5-9-16(10-6-14)21-19(23)15-7-11-17(12-8-15)24-13(2)3/h5-13H,4H2,1-3H3,(H,20,22)(H,21,23). The minimum Gasteiger partial charge on any atom is -0.491 e. The van der Waals surface area contributed by atoms with Crippen molar-refractivity contribution in [3.05, 3.63) is 59.7 Å². The SMILES string of the molecule is CCNC(=O)c1ccc(NC(=O)c2ccc(OC(C)C)cc2)cc1. The third kappa shape index (κ3) is 4.84. The fraction of sp³-hybridized carbons (Fsp3) is 0.263. The number of anilines is 1. The summed E-state index contributed by atoms with van der Waals surface area (Å²) in [7, 11) is 0. The van der Waals surface area contributed by atoms with Crippen LogP contribution in [0.4, 0.5) is 5.69 Å². The summed E-state index contributed by atoms with van der Waals surface area (Å²) >= 11 is 0. The molecule has 0 aromatic heterocycles. The molecule has 126 valence electrons. The number of carbonyl (C=O) groups is 2. The molecule has 0 radical (unpaired) electrons. The van der Waals surface area contributed by atoms with Gasteiger partial charge in [-0.25, -0.2) is 0 Å². The Morgan fingerprint density at radius 3 is 2.00 bits per heavy atom. The predicted octanol–water partition coefficient (Wildman–Crippen LogP) is 3.48. The van der Waals surface area contributed by atoms with Gasteiger partial charge in [0.1, 0.15) is 5.75 Å². The Morgan fingerprint density at radius 2 is 1.46 bits per heavy atom. The molecule has 2 rings (SSSR count). The van der Waals surface area contributed by atoms with Crippen molar-refractivity contribution < 1.29 is 14.3 Å². The summed E-state index contributed by atoms with van der Waals surface area (Å²) in [5, 5.41) is 5.53. The number of hydrogen-bond donors (Lipinski definition) is 2. The first-order valence-electron chi connectivity index (χ1n) is 7.96. The smallest absolute Gasteiger partial charge is 0.255 e. The van der Waals surface area contributed by atoms with Gasteiger partial charge in [-0.15, -0.1) is 0 Å². The van der Waals surface area contributed by atoms with Gasteiger partial charge in [0.05, 0.1) is 6.10 Å². The van der Waals surface area contributed by atoms with Crippen LogP contribution in [0.5, 0.6) is 5.75 Å². The van der Waals surface area contributed by atoms with Crippen molar-refractivity contribution in [3.63, 3.8) is 0 Å². The number of benzene rings is 2. The van der Waals surface area contributed by atoms with Gasteiger partial charge in [-0.05, 0) is 69.3 Å². The van der Waals surface area contributed by atoms with Crippen LogP contribution in [-0.2, 0) is 0 Å². The summed E-state index contributed by atoms with van der Waals surface area (Å²) in [5.74, 6) is 0.390. The Labute approximate surface area is 142 Å². The largest absolute Gasteiger partial charge is 0.491 e. The monoisotopic (exact) mass is 326 g/mol. The van der Waals surface area contributed by atoms with Crippen LogP contribution in [0.3, 0.4) is 0 Å². The normalized spacial score (nSPS) is 10.3. The number of amides is 2. The zero-order chi connectivity index (χ0) is 17.5. The predicted molar refractivity (Wildman–Crippen MR) is 94.6 cm³/mol. The molecule has 0 spiro atoms. The van der Waals surface area contributed by atoms with Crippen molar-refractivity contribution in [3.8, 4) is 5.75 Å². The summed E-state index contributed by atoms with van der Waals surface area (Å²) in [6, 6.07) is 13.8. The highest BCUT2D eigenvalue weighted by atomic mass is 16.5. The molecule has 2 aromatic carbocycles. The van der Waals surface area contributed by atoms with Crippen LogP contribution in [0.2, 0.25) is 0 Å². The van der Waals surface area contributed by atoms with Gasteiger partial charge in [-0.2, -0.15) is 0 Å². The first kappa shape index (κ1) is 17.5. The highest BCUT2D eigenvalue weighted by Crippen LogP contribution is 2.16. The quantitative estimate of drug-likeness (QED) is 0.854. The van der Waals surface area contributed by atoms with Crippen molar-refractivity contribution in [2.45, 2.75) is 26.9 Å². The molecule has 0 atom stereocenters. The highest BCUT2D eigenvalue weighted by molar-refractivity contribution is 6.04. The number of carbonyl (C=O) groups excluding carboxylic acids is 2. The number of nitrogens with one attached hydrogen (secondary N) is 2. The van der Waals surface area contributed by atoms with E-state index in [-0.39, 0.29) is 17.9 Å². The van der Waals surface area contributed by atoms with Gasteiger partial charge in [0.2, 0.25) is 0 Å². The summed E-state index contributed by atoms with van der Waals surface area (Å²) in [5.41, 5.74) is 1.74. The van der Waals surface area contributed by atoms with E-state index in [0.717, 1.165) is 5.75 Å². The van der Waals surface area contributed by atoms with Gasteiger partial charge in [-0.1, -0.05) is 0 Å². The van der Waals surface area contributed by atoms with E-state index in [4.69, 9.17) is 4.74 Å². The Bertz CT molecular complexity index is 692. The molecule has 0 saturated heterocycles. The van der Waals surface area contributed by atoms with E-state index >= 15 is 0 Å². The molecule has 2 amide bonds. The van der Waals surface area contributed by atoms with E-state index in [9.17, 15) is 9.59 Å². The van der Waals surface area contributed by atoms with Crippen LogP contribution in [0.25, 0.3) is 0 Å². The summed E-state index contributed by atoms with van der Waals surface area (Å²) in [4.78, 5) is 23.9. The molecule has 0 aliphatic heterocycles. The van der Waals surface area contributed by atoms with Gasteiger partial charge < -0.3 is 15.4 Å². The first-order chi connectivity index (χ1) is 11.5. The lowest BCUT2D eigenvalue weighted by Gasteiger charge is -2.10. The maximum atomic E-state index is 12.2. The zero-order valence-corrected chi connectivity index (χ0v) is 14.1. The van der Waals surface area contributed by atoms with Crippen LogP contribution < -0.4 is 15.4 Å². The van der Waals surface area contributed by atoms with Crippen molar-refractivity contribution in [1.29, 1.82) is 0 Å². The van der Waals surface area contributed by atoms with E-state index in [1.54, 1.807) is 48.5 Å². The molecular weight excluding hydrogens is 304 g/mol. The second kappa shape index (κ2) is 8.15. The van der Waals surface area contributed by atoms with Gasteiger partial charge in [0.15, 0.2) is 0 Å². The fourth-order valence-electron chi connectivity index (χ4n) is 2.13. The molecule has 2 N–H and O–H groups in total. The van der Waals surface area contributed by atoms with Crippen molar-refractivity contribution in [2.75, 3.05) is 11.9 Å². The molecule has 5 nitrogen and oxygen atoms in total. The molecule has 0 saturated carbocycles. The Kier molecular flexibility index (Phi) is 5.95. The molecule has 0 bridgehead atoms. The maximum absolute atomic E-state index is 12.2. The number of rotatable bonds is 6. The molecule has 0 aliphatic rings. The van der Waals surface area contributed by atoms with Crippen molar-refractivity contribution in [2.24, 2.45) is 0 Å². The third-order valence-corrected chi connectivity index (χ3v) is 3.23. The summed E-state index contributed by atoms with van der Waals surface area (Å²) in [6.07, 6.45) is 0.0908.